The Morgan fingerprint density at radius 2 is 1.72 bits per heavy atom. The summed E-state index contributed by atoms with van der Waals surface area (Å²) in [5.74, 6) is 3.21. The Labute approximate surface area is 119 Å². The van der Waals surface area contributed by atoms with Crippen LogP contribution in [0.25, 0.3) is 0 Å². The van der Waals surface area contributed by atoms with Crippen molar-refractivity contribution in [3.63, 3.8) is 0 Å². The molecule has 0 saturated heterocycles. The van der Waals surface area contributed by atoms with Gasteiger partial charge in [-0.15, -0.1) is 0 Å². The van der Waals surface area contributed by atoms with Crippen LogP contribution in [-0.4, -0.2) is 23.1 Å². The van der Waals surface area contributed by atoms with Gasteiger partial charge in [0, 0.05) is 16.5 Å². The number of nitrogens with one attached hydrogen (secondary N) is 1. The van der Waals surface area contributed by atoms with Crippen LogP contribution in [0.1, 0.15) is 66.7 Å². The molecule has 0 aromatic carbocycles. The fraction of sp³-hybridized carbons (Fsp3) is 1.00. The molecular weight excluding hydrogens is 238 g/mol. The van der Waals surface area contributed by atoms with Gasteiger partial charge in [0.25, 0.3) is 0 Å². The molecule has 0 aliphatic heterocycles. The molecule has 1 nitrogen and oxygen atoms in total. The average Bonchev–Trinajstić information content (AvgIpc) is 2.33. The van der Waals surface area contributed by atoms with Crippen molar-refractivity contribution < 1.29 is 0 Å². The first-order valence-electron chi connectivity index (χ1n) is 7.83. The van der Waals surface area contributed by atoms with Gasteiger partial charge in [0.15, 0.2) is 0 Å². The second kappa shape index (κ2) is 7.79. The summed E-state index contributed by atoms with van der Waals surface area (Å²) >= 11 is 2.12. The monoisotopic (exact) mass is 271 g/mol. The molecule has 18 heavy (non-hydrogen) atoms. The van der Waals surface area contributed by atoms with Crippen molar-refractivity contribution in [2.45, 2.75) is 77.5 Å². The predicted octanol–water partition coefficient (Wildman–Crippen LogP) is 4.71. The molecule has 0 heterocycles. The standard InChI is InChI=1S/C16H33NS/c1-6-13-8-10-14(11-9-13)15(17-7-2)12-18-16(3,4)5/h13-15,17H,6-12H2,1-5H3. The first kappa shape index (κ1) is 16.4. The van der Waals surface area contributed by atoms with Gasteiger partial charge >= 0.3 is 0 Å². The molecule has 1 aliphatic rings. The lowest BCUT2D eigenvalue weighted by atomic mass is 9.78. The molecular formula is C16H33NS. The van der Waals surface area contributed by atoms with E-state index in [-0.39, 0.29) is 0 Å². The van der Waals surface area contributed by atoms with Crippen molar-refractivity contribution in [1.82, 2.24) is 5.32 Å². The van der Waals surface area contributed by atoms with E-state index in [9.17, 15) is 0 Å². The molecule has 1 rings (SSSR count). The van der Waals surface area contributed by atoms with Crippen LogP contribution in [-0.2, 0) is 0 Å². The Morgan fingerprint density at radius 1 is 1.11 bits per heavy atom. The van der Waals surface area contributed by atoms with Crippen molar-refractivity contribution in [3.05, 3.63) is 0 Å². The molecule has 1 unspecified atom stereocenters. The zero-order valence-corrected chi connectivity index (χ0v) is 13.9. The van der Waals surface area contributed by atoms with E-state index in [0.717, 1.165) is 24.4 Å². The quantitative estimate of drug-likeness (QED) is 0.750. The second-order valence-electron chi connectivity index (χ2n) is 6.78. The molecule has 1 fully saturated rings. The minimum Gasteiger partial charge on any atom is -0.313 e. The van der Waals surface area contributed by atoms with Crippen LogP contribution >= 0.6 is 11.8 Å². The third kappa shape index (κ3) is 5.97. The fourth-order valence-electron chi connectivity index (χ4n) is 2.96. The van der Waals surface area contributed by atoms with Gasteiger partial charge in [-0.3, -0.25) is 0 Å². The summed E-state index contributed by atoms with van der Waals surface area (Å²) in [7, 11) is 0. The third-order valence-corrected chi connectivity index (χ3v) is 5.59. The van der Waals surface area contributed by atoms with E-state index in [1.807, 2.05) is 0 Å². The SMILES string of the molecule is CCNC(CSC(C)(C)C)C1CCC(CC)CC1. The van der Waals surface area contributed by atoms with Crippen LogP contribution in [0.5, 0.6) is 0 Å². The zero-order chi connectivity index (χ0) is 13.6. The van der Waals surface area contributed by atoms with Gasteiger partial charge in [0.05, 0.1) is 0 Å². The summed E-state index contributed by atoms with van der Waals surface area (Å²) in [6, 6.07) is 0.733. The number of thioether (sulfide) groups is 1. The first-order valence-corrected chi connectivity index (χ1v) is 8.82. The predicted molar refractivity (Wildman–Crippen MR) is 85.4 cm³/mol. The van der Waals surface area contributed by atoms with Crippen LogP contribution in [0.4, 0.5) is 0 Å². The highest BCUT2D eigenvalue weighted by atomic mass is 32.2. The highest BCUT2D eigenvalue weighted by molar-refractivity contribution is 8.00. The largest absolute Gasteiger partial charge is 0.313 e. The molecule has 0 aromatic heterocycles. The lowest BCUT2D eigenvalue weighted by Crippen LogP contribution is -2.40. The smallest absolute Gasteiger partial charge is 0.0186 e. The van der Waals surface area contributed by atoms with E-state index in [4.69, 9.17) is 0 Å². The second-order valence-corrected chi connectivity index (χ2v) is 8.62. The molecule has 0 spiro atoms. The van der Waals surface area contributed by atoms with E-state index >= 15 is 0 Å². The van der Waals surface area contributed by atoms with Gasteiger partial charge in [-0.25, -0.2) is 0 Å². The summed E-state index contributed by atoms with van der Waals surface area (Å²) in [5, 5.41) is 3.74. The average molecular weight is 272 g/mol. The van der Waals surface area contributed by atoms with Gasteiger partial charge in [-0.1, -0.05) is 53.9 Å². The van der Waals surface area contributed by atoms with Crippen LogP contribution in [0.15, 0.2) is 0 Å². The van der Waals surface area contributed by atoms with E-state index in [0.29, 0.717) is 4.75 Å². The number of hydrogen-bond acceptors (Lipinski definition) is 2. The maximum atomic E-state index is 3.74. The third-order valence-electron chi connectivity index (χ3n) is 4.20. The summed E-state index contributed by atoms with van der Waals surface area (Å²) in [5.41, 5.74) is 0. The molecule has 1 N–H and O–H groups in total. The Hall–Kier alpha value is 0.310. The summed E-state index contributed by atoms with van der Waals surface area (Å²) < 4.78 is 0.397. The maximum Gasteiger partial charge on any atom is 0.0186 e. The van der Waals surface area contributed by atoms with E-state index in [1.54, 1.807) is 0 Å². The highest BCUT2D eigenvalue weighted by Gasteiger charge is 2.27. The Balaban J connectivity index is 2.41. The van der Waals surface area contributed by atoms with Crippen molar-refractivity contribution >= 4 is 11.8 Å². The van der Waals surface area contributed by atoms with E-state index in [2.05, 4.69) is 51.7 Å². The van der Waals surface area contributed by atoms with Crippen LogP contribution in [0, 0.1) is 11.8 Å². The molecule has 0 radical (unpaired) electrons. The fourth-order valence-corrected chi connectivity index (χ4v) is 4.03. The molecule has 0 bridgehead atoms. The molecule has 0 aromatic rings. The van der Waals surface area contributed by atoms with Crippen LogP contribution < -0.4 is 5.32 Å². The Morgan fingerprint density at radius 3 is 2.17 bits per heavy atom. The molecule has 0 amide bonds. The van der Waals surface area contributed by atoms with Gasteiger partial charge in [0.2, 0.25) is 0 Å². The van der Waals surface area contributed by atoms with Crippen molar-refractivity contribution in [2.24, 2.45) is 11.8 Å². The van der Waals surface area contributed by atoms with Gasteiger partial charge in [-0.05, 0) is 31.2 Å². The van der Waals surface area contributed by atoms with E-state index in [1.165, 1.54) is 37.9 Å². The van der Waals surface area contributed by atoms with Gasteiger partial charge in [-0.2, -0.15) is 11.8 Å². The summed E-state index contributed by atoms with van der Waals surface area (Å²) in [4.78, 5) is 0. The van der Waals surface area contributed by atoms with Crippen LogP contribution in [0.2, 0.25) is 0 Å². The summed E-state index contributed by atoms with van der Waals surface area (Å²) in [6.45, 7) is 12.7. The Bertz CT molecular complexity index is 214. The van der Waals surface area contributed by atoms with E-state index < -0.39 is 0 Å². The minimum atomic E-state index is 0.397. The minimum absolute atomic E-state index is 0.397. The van der Waals surface area contributed by atoms with Crippen molar-refractivity contribution in [2.75, 3.05) is 12.3 Å². The molecule has 1 aliphatic carbocycles. The van der Waals surface area contributed by atoms with Crippen LogP contribution in [0.3, 0.4) is 0 Å². The first-order chi connectivity index (χ1) is 8.46. The Kier molecular flexibility index (Phi) is 7.08. The number of rotatable bonds is 6. The highest BCUT2D eigenvalue weighted by Crippen LogP contribution is 2.34. The van der Waals surface area contributed by atoms with Crippen molar-refractivity contribution in [3.8, 4) is 0 Å². The zero-order valence-electron chi connectivity index (χ0n) is 13.1. The maximum absolute atomic E-state index is 3.74. The molecule has 108 valence electrons. The normalized spacial score (nSPS) is 27.2. The molecule has 1 atom stereocenters. The van der Waals surface area contributed by atoms with Gasteiger partial charge in [0.1, 0.15) is 0 Å². The van der Waals surface area contributed by atoms with Crippen molar-refractivity contribution in [1.29, 1.82) is 0 Å². The topological polar surface area (TPSA) is 12.0 Å². The lowest BCUT2D eigenvalue weighted by molar-refractivity contribution is 0.229. The number of hydrogen-bond donors (Lipinski definition) is 1. The lowest BCUT2D eigenvalue weighted by Gasteiger charge is -2.35. The van der Waals surface area contributed by atoms with Gasteiger partial charge < -0.3 is 5.32 Å². The molecule has 2 heteroatoms. The summed E-state index contributed by atoms with van der Waals surface area (Å²) in [6.07, 6.45) is 7.20. The molecule has 1 saturated carbocycles.